The summed E-state index contributed by atoms with van der Waals surface area (Å²) in [5, 5.41) is 0. The minimum atomic E-state index is 0.404. The monoisotopic (exact) mass is 138 g/mol. The molecule has 0 aromatic rings. The second kappa shape index (κ2) is 7.18. The van der Waals surface area contributed by atoms with Crippen LogP contribution in [0.15, 0.2) is 0 Å². The Kier molecular flexibility index (Phi) is 7.22. The van der Waals surface area contributed by atoms with Crippen LogP contribution in [0.25, 0.3) is 0 Å². The van der Waals surface area contributed by atoms with Crippen LogP contribution in [0.2, 0.25) is 5.82 Å². The summed E-state index contributed by atoms with van der Waals surface area (Å²) in [5.74, 6) is 0.404. The molecule has 0 aliphatic rings. The highest BCUT2D eigenvalue weighted by Gasteiger charge is 1.92. The summed E-state index contributed by atoms with van der Waals surface area (Å²) >= 11 is 0. The van der Waals surface area contributed by atoms with E-state index in [-0.39, 0.29) is 0 Å². The van der Waals surface area contributed by atoms with E-state index in [0.717, 1.165) is 0 Å². The molecule has 0 fully saturated rings. The van der Waals surface area contributed by atoms with Gasteiger partial charge in [0.1, 0.15) is 0 Å². The van der Waals surface area contributed by atoms with Crippen LogP contribution < -0.4 is 0 Å². The molecule has 10 heavy (non-hydrogen) atoms. The molecule has 0 aliphatic heterocycles. The lowest BCUT2D eigenvalue weighted by Gasteiger charge is -2.02. The van der Waals surface area contributed by atoms with E-state index in [1.807, 2.05) is 0 Å². The van der Waals surface area contributed by atoms with E-state index in [9.17, 15) is 0 Å². The second-order valence-electron chi connectivity index (χ2n) is 3.18. The van der Waals surface area contributed by atoms with Gasteiger partial charge >= 0.3 is 0 Å². The number of rotatable bonds is 6. The molecular weight excluding hydrogens is 119 g/mol. The van der Waals surface area contributed by atoms with Gasteiger partial charge in [0, 0.05) is 0 Å². The molecule has 0 rings (SSSR count). The molecule has 0 N–H and O–H groups in total. The molecule has 0 aromatic heterocycles. The van der Waals surface area contributed by atoms with Gasteiger partial charge in [-0.25, -0.2) is 0 Å². The number of hydrogen-bond donors (Lipinski definition) is 0. The highest BCUT2D eigenvalue weighted by Crippen LogP contribution is 2.11. The van der Waals surface area contributed by atoms with Gasteiger partial charge in [0.15, 0.2) is 0 Å². The van der Waals surface area contributed by atoms with Gasteiger partial charge < -0.3 is 0 Å². The van der Waals surface area contributed by atoms with Gasteiger partial charge in [-0.15, -0.1) is 0 Å². The van der Waals surface area contributed by atoms with Gasteiger partial charge in [-0.2, -0.15) is 0 Å². The van der Waals surface area contributed by atoms with Gasteiger partial charge in [-0.3, -0.25) is 0 Å². The first kappa shape index (κ1) is 10.1. The fraction of sp³-hybridized carbons (Fsp3) is 1.00. The summed E-state index contributed by atoms with van der Waals surface area (Å²) < 4.78 is 0. The quantitative estimate of drug-likeness (QED) is 0.390. The van der Waals surface area contributed by atoms with Crippen molar-refractivity contribution in [3.63, 3.8) is 0 Å². The summed E-state index contributed by atoms with van der Waals surface area (Å²) in [7, 11) is 5.61. The maximum absolute atomic E-state index is 5.61. The van der Waals surface area contributed by atoms with Crippen molar-refractivity contribution in [1.29, 1.82) is 0 Å². The zero-order valence-electron chi connectivity index (χ0n) is 7.40. The molecule has 0 bridgehead atoms. The molecule has 1 unspecified atom stereocenters. The lowest BCUT2D eigenvalue weighted by molar-refractivity contribution is 0.602. The van der Waals surface area contributed by atoms with Crippen molar-refractivity contribution in [2.75, 3.05) is 0 Å². The smallest absolute Gasteiger partial charge is 0.0695 e. The van der Waals surface area contributed by atoms with Crippen LogP contribution in [0.3, 0.4) is 0 Å². The predicted octanol–water partition coefficient (Wildman–Crippen LogP) is 3.32. The van der Waals surface area contributed by atoms with Crippen LogP contribution in [0.5, 0.6) is 0 Å². The van der Waals surface area contributed by atoms with Crippen molar-refractivity contribution in [2.45, 2.75) is 58.2 Å². The highest BCUT2D eigenvalue weighted by atomic mass is 14.0. The zero-order chi connectivity index (χ0) is 7.82. The average Bonchev–Trinajstić information content (AvgIpc) is 1.87. The van der Waals surface area contributed by atoms with Gasteiger partial charge in [0.2, 0.25) is 0 Å². The first-order valence-corrected chi connectivity index (χ1v) is 4.53. The van der Waals surface area contributed by atoms with E-state index in [4.69, 9.17) is 7.85 Å². The molecular formula is C9H19B. The SMILES string of the molecule is [B]C(C)CCCCCCC. The van der Waals surface area contributed by atoms with Crippen molar-refractivity contribution >= 4 is 7.85 Å². The number of hydrogen-bond acceptors (Lipinski definition) is 0. The van der Waals surface area contributed by atoms with Gasteiger partial charge in [-0.05, 0) is 0 Å². The molecule has 0 heterocycles. The standard InChI is InChI=1S/C9H19B/c1-3-4-5-6-7-8-9(2)10/h9H,3-8H2,1-2H3. The minimum Gasteiger partial charge on any atom is -0.0802 e. The zero-order valence-corrected chi connectivity index (χ0v) is 7.40. The van der Waals surface area contributed by atoms with Crippen LogP contribution in [0, 0.1) is 0 Å². The van der Waals surface area contributed by atoms with Crippen molar-refractivity contribution < 1.29 is 0 Å². The molecule has 0 saturated carbocycles. The van der Waals surface area contributed by atoms with Crippen LogP contribution in [-0.2, 0) is 0 Å². The molecule has 0 aliphatic carbocycles. The molecule has 0 saturated heterocycles. The Bertz CT molecular complexity index is 59.7. The topological polar surface area (TPSA) is 0 Å². The average molecular weight is 138 g/mol. The van der Waals surface area contributed by atoms with E-state index in [1.54, 1.807) is 0 Å². The summed E-state index contributed by atoms with van der Waals surface area (Å²) in [6, 6.07) is 0. The lowest BCUT2D eigenvalue weighted by Crippen LogP contribution is -1.85. The van der Waals surface area contributed by atoms with E-state index >= 15 is 0 Å². The Morgan fingerprint density at radius 1 is 1.10 bits per heavy atom. The maximum atomic E-state index is 5.61. The fourth-order valence-corrected chi connectivity index (χ4v) is 1.07. The first-order valence-electron chi connectivity index (χ1n) is 4.53. The Morgan fingerprint density at radius 2 is 1.70 bits per heavy atom. The Labute approximate surface area is 66.8 Å². The van der Waals surface area contributed by atoms with Crippen LogP contribution in [-0.4, -0.2) is 7.85 Å². The van der Waals surface area contributed by atoms with Gasteiger partial charge in [-0.1, -0.05) is 58.2 Å². The van der Waals surface area contributed by atoms with Gasteiger partial charge in [0.25, 0.3) is 0 Å². The van der Waals surface area contributed by atoms with Crippen molar-refractivity contribution in [2.24, 2.45) is 0 Å². The van der Waals surface area contributed by atoms with E-state index in [0.29, 0.717) is 5.82 Å². The van der Waals surface area contributed by atoms with E-state index in [1.165, 1.54) is 38.5 Å². The van der Waals surface area contributed by atoms with Crippen molar-refractivity contribution in [1.82, 2.24) is 0 Å². The normalized spacial score (nSPS) is 13.4. The predicted molar refractivity (Wildman–Crippen MR) is 48.6 cm³/mol. The summed E-state index contributed by atoms with van der Waals surface area (Å²) in [5.41, 5.74) is 0. The summed E-state index contributed by atoms with van der Waals surface area (Å²) in [6.07, 6.45) is 8.00. The largest absolute Gasteiger partial charge is 0.0802 e. The van der Waals surface area contributed by atoms with E-state index < -0.39 is 0 Å². The molecule has 58 valence electrons. The van der Waals surface area contributed by atoms with E-state index in [2.05, 4.69) is 13.8 Å². The molecule has 0 nitrogen and oxygen atoms in total. The minimum absolute atomic E-state index is 0.404. The molecule has 2 radical (unpaired) electrons. The molecule has 0 spiro atoms. The fourth-order valence-electron chi connectivity index (χ4n) is 1.07. The summed E-state index contributed by atoms with van der Waals surface area (Å²) in [6.45, 7) is 4.32. The van der Waals surface area contributed by atoms with Crippen LogP contribution in [0.1, 0.15) is 52.4 Å². The van der Waals surface area contributed by atoms with Crippen LogP contribution >= 0.6 is 0 Å². The molecule has 1 heteroatoms. The Morgan fingerprint density at radius 3 is 2.20 bits per heavy atom. The second-order valence-corrected chi connectivity index (χ2v) is 3.18. The number of unbranched alkanes of at least 4 members (excludes halogenated alkanes) is 4. The highest BCUT2D eigenvalue weighted by molar-refractivity contribution is 6.11. The third kappa shape index (κ3) is 8.06. The Balaban J connectivity index is 2.77. The third-order valence-corrected chi connectivity index (χ3v) is 1.76. The lowest BCUT2D eigenvalue weighted by atomic mass is 9.85. The maximum Gasteiger partial charge on any atom is 0.0695 e. The third-order valence-electron chi connectivity index (χ3n) is 1.76. The Hall–Kier alpha value is 0.0649. The van der Waals surface area contributed by atoms with Crippen LogP contribution in [0.4, 0.5) is 0 Å². The summed E-state index contributed by atoms with van der Waals surface area (Å²) in [4.78, 5) is 0. The molecule has 0 amide bonds. The van der Waals surface area contributed by atoms with Gasteiger partial charge in [0.05, 0.1) is 7.85 Å². The molecule has 0 aromatic carbocycles. The first-order chi connectivity index (χ1) is 4.77. The molecule has 1 atom stereocenters. The van der Waals surface area contributed by atoms with Crippen molar-refractivity contribution in [3.05, 3.63) is 0 Å². The van der Waals surface area contributed by atoms with Crippen molar-refractivity contribution in [3.8, 4) is 0 Å².